The molecule has 0 aromatic carbocycles. The molecule has 1 aliphatic rings. The van der Waals surface area contributed by atoms with Gasteiger partial charge < -0.3 is 5.32 Å². The number of hydrogen-bond donors (Lipinski definition) is 1. The van der Waals surface area contributed by atoms with E-state index in [4.69, 9.17) is 0 Å². The lowest BCUT2D eigenvalue weighted by Crippen LogP contribution is -2.44. The molecule has 0 amide bonds. The van der Waals surface area contributed by atoms with Crippen molar-refractivity contribution in [3.8, 4) is 0 Å². The van der Waals surface area contributed by atoms with Gasteiger partial charge >= 0.3 is 0 Å². The number of nitrogens with one attached hydrogen (secondary N) is 1. The number of rotatable bonds is 3. The molecule has 0 saturated carbocycles. The third kappa shape index (κ3) is 3.68. The number of hydrogen-bond acceptors (Lipinski definition) is 1. The molecular formula is C12H25N. The third-order valence-electron chi connectivity index (χ3n) is 3.18. The molecule has 1 nitrogen and oxygen atoms in total. The van der Waals surface area contributed by atoms with E-state index in [2.05, 4.69) is 33.0 Å². The minimum atomic E-state index is 0.744. The third-order valence-corrected chi connectivity index (χ3v) is 3.18. The van der Waals surface area contributed by atoms with E-state index in [0.29, 0.717) is 0 Å². The molecule has 13 heavy (non-hydrogen) atoms. The van der Waals surface area contributed by atoms with Gasteiger partial charge in [-0.2, -0.15) is 0 Å². The molecular weight excluding hydrogens is 158 g/mol. The predicted octanol–water partition coefficient (Wildman–Crippen LogP) is 3.20. The zero-order valence-corrected chi connectivity index (χ0v) is 9.64. The van der Waals surface area contributed by atoms with E-state index < -0.39 is 0 Å². The van der Waals surface area contributed by atoms with E-state index in [1.165, 1.54) is 25.7 Å². The lowest BCUT2D eigenvalue weighted by molar-refractivity contribution is 0.243. The summed E-state index contributed by atoms with van der Waals surface area (Å²) in [5.41, 5.74) is 0. The zero-order valence-electron chi connectivity index (χ0n) is 9.64. The van der Waals surface area contributed by atoms with Crippen molar-refractivity contribution in [3.05, 3.63) is 0 Å². The summed E-state index contributed by atoms with van der Waals surface area (Å²) >= 11 is 0. The van der Waals surface area contributed by atoms with Crippen LogP contribution in [0.2, 0.25) is 0 Å². The van der Waals surface area contributed by atoms with Crippen LogP contribution in [0.15, 0.2) is 0 Å². The molecule has 1 heterocycles. The maximum absolute atomic E-state index is 3.72. The Morgan fingerprint density at radius 1 is 1.23 bits per heavy atom. The maximum Gasteiger partial charge on any atom is 0.00952 e. The second-order valence-corrected chi connectivity index (χ2v) is 5.21. The Morgan fingerprint density at radius 2 is 1.92 bits per heavy atom. The topological polar surface area (TPSA) is 12.0 Å². The van der Waals surface area contributed by atoms with Crippen LogP contribution in [0.3, 0.4) is 0 Å². The predicted molar refractivity (Wildman–Crippen MR) is 58.9 cm³/mol. The van der Waals surface area contributed by atoms with Gasteiger partial charge in [0.1, 0.15) is 0 Å². The van der Waals surface area contributed by atoms with Gasteiger partial charge in [0.05, 0.1) is 0 Å². The SMILES string of the molecule is CC(C)CC(C)C1CCCC(C)N1. The van der Waals surface area contributed by atoms with E-state index in [1.807, 2.05) is 0 Å². The quantitative estimate of drug-likeness (QED) is 0.708. The molecule has 0 bridgehead atoms. The molecule has 0 aromatic heterocycles. The van der Waals surface area contributed by atoms with Gasteiger partial charge in [0.2, 0.25) is 0 Å². The first-order valence-electron chi connectivity index (χ1n) is 5.85. The van der Waals surface area contributed by atoms with Crippen molar-refractivity contribution in [2.45, 2.75) is 65.5 Å². The van der Waals surface area contributed by atoms with E-state index in [0.717, 1.165) is 23.9 Å². The van der Waals surface area contributed by atoms with E-state index in [1.54, 1.807) is 0 Å². The van der Waals surface area contributed by atoms with Gasteiger partial charge in [-0.15, -0.1) is 0 Å². The summed E-state index contributed by atoms with van der Waals surface area (Å²) in [5.74, 6) is 1.69. The highest BCUT2D eigenvalue weighted by molar-refractivity contribution is 4.81. The van der Waals surface area contributed by atoms with Crippen LogP contribution in [0, 0.1) is 11.8 Å². The Kier molecular flexibility index (Phi) is 4.24. The van der Waals surface area contributed by atoms with Crippen LogP contribution < -0.4 is 5.32 Å². The monoisotopic (exact) mass is 183 g/mol. The van der Waals surface area contributed by atoms with Gasteiger partial charge in [-0.3, -0.25) is 0 Å². The summed E-state index contributed by atoms with van der Waals surface area (Å²) < 4.78 is 0. The second-order valence-electron chi connectivity index (χ2n) is 5.21. The second kappa shape index (κ2) is 4.99. The normalized spacial score (nSPS) is 32.1. The minimum Gasteiger partial charge on any atom is -0.311 e. The van der Waals surface area contributed by atoms with Crippen LogP contribution in [0.4, 0.5) is 0 Å². The average molecular weight is 183 g/mol. The van der Waals surface area contributed by atoms with Gasteiger partial charge in [-0.25, -0.2) is 0 Å². The van der Waals surface area contributed by atoms with E-state index in [-0.39, 0.29) is 0 Å². The Balaban J connectivity index is 2.32. The molecule has 1 N–H and O–H groups in total. The van der Waals surface area contributed by atoms with Gasteiger partial charge in [0.25, 0.3) is 0 Å². The van der Waals surface area contributed by atoms with Crippen molar-refractivity contribution in [1.82, 2.24) is 5.32 Å². The highest BCUT2D eigenvalue weighted by Crippen LogP contribution is 2.23. The van der Waals surface area contributed by atoms with Crippen molar-refractivity contribution in [2.75, 3.05) is 0 Å². The van der Waals surface area contributed by atoms with Crippen LogP contribution in [0.25, 0.3) is 0 Å². The first kappa shape index (κ1) is 11.0. The molecule has 3 atom stereocenters. The number of piperidine rings is 1. The van der Waals surface area contributed by atoms with E-state index >= 15 is 0 Å². The zero-order chi connectivity index (χ0) is 9.84. The van der Waals surface area contributed by atoms with E-state index in [9.17, 15) is 0 Å². The van der Waals surface area contributed by atoms with Crippen LogP contribution >= 0.6 is 0 Å². The summed E-state index contributed by atoms with van der Waals surface area (Å²) in [4.78, 5) is 0. The molecule has 1 rings (SSSR count). The summed E-state index contributed by atoms with van der Waals surface area (Å²) in [6.07, 6.45) is 5.54. The highest BCUT2D eigenvalue weighted by atomic mass is 15.0. The highest BCUT2D eigenvalue weighted by Gasteiger charge is 2.23. The first-order chi connectivity index (χ1) is 6.09. The molecule has 0 aromatic rings. The Morgan fingerprint density at radius 3 is 2.46 bits per heavy atom. The van der Waals surface area contributed by atoms with Gasteiger partial charge in [-0.1, -0.05) is 27.2 Å². The fourth-order valence-corrected chi connectivity index (χ4v) is 2.53. The van der Waals surface area contributed by atoms with Crippen molar-refractivity contribution in [1.29, 1.82) is 0 Å². The summed E-state index contributed by atoms with van der Waals surface area (Å²) in [5, 5.41) is 3.72. The van der Waals surface area contributed by atoms with Crippen LogP contribution in [0.1, 0.15) is 53.4 Å². The largest absolute Gasteiger partial charge is 0.311 e. The standard InChI is InChI=1S/C12H25N/c1-9(2)8-10(3)12-7-5-6-11(4)13-12/h9-13H,5-8H2,1-4H3. The smallest absolute Gasteiger partial charge is 0.00952 e. The first-order valence-corrected chi connectivity index (χ1v) is 5.85. The van der Waals surface area contributed by atoms with Gasteiger partial charge in [-0.05, 0) is 38.0 Å². The van der Waals surface area contributed by atoms with Crippen molar-refractivity contribution in [3.63, 3.8) is 0 Å². The lowest BCUT2D eigenvalue weighted by Gasteiger charge is -2.33. The molecule has 1 heteroatoms. The van der Waals surface area contributed by atoms with Crippen molar-refractivity contribution in [2.24, 2.45) is 11.8 Å². The molecule has 0 aliphatic carbocycles. The van der Waals surface area contributed by atoms with Crippen LogP contribution in [0.5, 0.6) is 0 Å². The van der Waals surface area contributed by atoms with Crippen molar-refractivity contribution >= 4 is 0 Å². The Hall–Kier alpha value is -0.0400. The Bertz CT molecular complexity index is 142. The Labute approximate surface area is 83.3 Å². The van der Waals surface area contributed by atoms with Gasteiger partial charge in [0.15, 0.2) is 0 Å². The molecule has 0 spiro atoms. The van der Waals surface area contributed by atoms with Crippen molar-refractivity contribution < 1.29 is 0 Å². The summed E-state index contributed by atoms with van der Waals surface area (Å²) in [6, 6.07) is 1.53. The molecule has 1 fully saturated rings. The molecule has 0 radical (unpaired) electrons. The molecule has 1 saturated heterocycles. The van der Waals surface area contributed by atoms with Crippen LogP contribution in [-0.2, 0) is 0 Å². The van der Waals surface area contributed by atoms with Crippen LogP contribution in [-0.4, -0.2) is 12.1 Å². The molecule has 78 valence electrons. The fraction of sp³-hybridized carbons (Fsp3) is 1.00. The molecule has 1 aliphatic heterocycles. The maximum atomic E-state index is 3.72. The fourth-order valence-electron chi connectivity index (χ4n) is 2.53. The minimum absolute atomic E-state index is 0.744. The average Bonchev–Trinajstić information content (AvgIpc) is 2.03. The summed E-state index contributed by atoms with van der Waals surface area (Å²) in [7, 11) is 0. The molecule has 3 unspecified atom stereocenters. The van der Waals surface area contributed by atoms with Gasteiger partial charge in [0, 0.05) is 12.1 Å². The lowest BCUT2D eigenvalue weighted by atomic mass is 9.86. The summed E-state index contributed by atoms with van der Waals surface area (Å²) in [6.45, 7) is 9.36.